The first-order valence-electron chi connectivity index (χ1n) is 11.2. The maximum atomic E-state index is 14.3. The van der Waals surface area contributed by atoms with Gasteiger partial charge in [-0.2, -0.15) is 15.2 Å². The highest BCUT2D eigenvalue weighted by atomic mass is 19.1. The fourth-order valence-electron chi connectivity index (χ4n) is 4.27. The van der Waals surface area contributed by atoms with Crippen molar-refractivity contribution in [3.8, 4) is 0 Å². The number of anilines is 4. The molecule has 2 aromatic carbocycles. The van der Waals surface area contributed by atoms with E-state index in [-0.39, 0.29) is 5.82 Å². The van der Waals surface area contributed by atoms with Gasteiger partial charge in [-0.25, -0.2) is 9.37 Å². The smallest absolute Gasteiger partial charge is 0.229 e. The summed E-state index contributed by atoms with van der Waals surface area (Å²) in [6.07, 6.45) is 7.02. The number of aromatic nitrogens is 4. The van der Waals surface area contributed by atoms with E-state index in [4.69, 9.17) is 0 Å². The first kappa shape index (κ1) is 21.2. The van der Waals surface area contributed by atoms with E-state index in [1.807, 2.05) is 31.2 Å². The van der Waals surface area contributed by atoms with Crippen molar-refractivity contribution in [3.63, 3.8) is 0 Å². The van der Waals surface area contributed by atoms with Gasteiger partial charge < -0.3 is 10.6 Å². The second-order valence-electron chi connectivity index (χ2n) is 8.43. The lowest BCUT2D eigenvalue weighted by Crippen LogP contribution is -2.29. The first-order valence-corrected chi connectivity index (χ1v) is 11.2. The molecule has 5 rings (SSSR count). The molecule has 0 aliphatic carbocycles. The van der Waals surface area contributed by atoms with Crippen LogP contribution in [0.2, 0.25) is 0 Å². The molecule has 1 fully saturated rings. The molecule has 0 saturated carbocycles. The van der Waals surface area contributed by atoms with Crippen molar-refractivity contribution in [1.82, 2.24) is 25.1 Å². The van der Waals surface area contributed by atoms with Gasteiger partial charge in [-0.1, -0.05) is 24.6 Å². The Hall–Kier alpha value is -3.65. The van der Waals surface area contributed by atoms with E-state index < -0.39 is 0 Å². The summed E-state index contributed by atoms with van der Waals surface area (Å²) < 4.78 is 14.3. The number of likely N-dealkylation sites (tertiary alicyclic amines) is 1. The third kappa shape index (κ3) is 5.06. The van der Waals surface area contributed by atoms with Crippen LogP contribution >= 0.6 is 0 Å². The van der Waals surface area contributed by atoms with Crippen molar-refractivity contribution in [2.75, 3.05) is 23.7 Å². The van der Waals surface area contributed by atoms with Gasteiger partial charge in [0.2, 0.25) is 5.95 Å². The fraction of sp³-hybridized carbons (Fsp3) is 0.280. The molecule has 8 heteroatoms. The van der Waals surface area contributed by atoms with Crippen LogP contribution in [-0.4, -0.2) is 38.2 Å². The number of nitrogens with one attached hydrogen (secondary N) is 2. The number of nitrogens with zero attached hydrogens (tertiary/aromatic N) is 5. The average molecular weight is 444 g/mol. The van der Waals surface area contributed by atoms with E-state index in [1.54, 1.807) is 24.5 Å². The molecule has 168 valence electrons. The first-order chi connectivity index (χ1) is 16.1. The second-order valence-corrected chi connectivity index (χ2v) is 8.43. The number of piperidine rings is 1. The predicted molar refractivity (Wildman–Crippen MR) is 128 cm³/mol. The molecular formula is C25H26FN7. The zero-order chi connectivity index (χ0) is 22.6. The number of hydrogen-bond donors (Lipinski definition) is 2. The lowest BCUT2D eigenvalue weighted by molar-refractivity contribution is 0.220. The minimum absolute atomic E-state index is 0.272. The Labute approximate surface area is 192 Å². The molecule has 4 aromatic rings. The summed E-state index contributed by atoms with van der Waals surface area (Å²) in [5.74, 6) is 0.719. The third-order valence-electron chi connectivity index (χ3n) is 5.86. The molecule has 0 spiro atoms. The molecule has 1 saturated heterocycles. The highest BCUT2D eigenvalue weighted by Crippen LogP contribution is 2.26. The molecule has 0 radical (unpaired) electrons. The van der Waals surface area contributed by atoms with Crippen LogP contribution in [0, 0.1) is 12.7 Å². The van der Waals surface area contributed by atoms with Gasteiger partial charge in [-0.3, -0.25) is 4.90 Å². The van der Waals surface area contributed by atoms with Crippen LogP contribution in [0.5, 0.6) is 0 Å². The van der Waals surface area contributed by atoms with Crippen molar-refractivity contribution in [2.24, 2.45) is 0 Å². The molecule has 0 bridgehead atoms. The summed E-state index contributed by atoms with van der Waals surface area (Å²) in [4.78, 5) is 11.2. The highest BCUT2D eigenvalue weighted by Gasteiger charge is 2.12. The van der Waals surface area contributed by atoms with Gasteiger partial charge in [-0.15, -0.1) is 0 Å². The number of rotatable bonds is 6. The van der Waals surface area contributed by atoms with Crippen molar-refractivity contribution in [2.45, 2.75) is 32.7 Å². The van der Waals surface area contributed by atoms with Gasteiger partial charge in [0.25, 0.3) is 0 Å². The molecular weight excluding hydrogens is 417 g/mol. The molecule has 3 heterocycles. The Morgan fingerprint density at radius 3 is 2.79 bits per heavy atom. The molecule has 1 aliphatic heterocycles. The zero-order valence-corrected chi connectivity index (χ0v) is 18.6. The van der Waals surface area contributed by atoms with Gasteiger partial charge >= 0.3 is 0 Å². The van der Waals surface area contributed by atoms with Crippen molar-refractivity contribution in [1.29, 1.82) is 0 Å². The normalized spacial score (nSPS) is 14.4. The topological polar surface area (TPSA) is 78.9 Å². The second kappa shape index (κ2) is 9.46. The molecule has 7 nitrogen and oxygen atoms in total. The molecule has 2 aromatic heterocycles. The van der Waals surface area contributed by atoms with Crippen molar-refractivity contribution >= 4 is 34.0 Å². The van der Waals surface area contributed by atoms with E-state index in [2.05, 4.69) is 35.7 Å². The number of benzene rings is 2. The number of aryl methyl sites for hydroxylation is 1. The molecule has 33 heavy (non-hydrogen) atoms. The Bertz CT molecular complexity index is 1270. The summed E-state index contributed by atoms with van der Waals surface area (Å²) in [5.41, 5.74) is 4.28. The van der Waals surface area contributed by atoms with Gasteiger partial charge in [-0.05, 0) is 68.2 Å². The minimum Gasteiger partial charge on any atom is -0.338 e. The minimum atomic E-state index is -0.272. The van der Waals surface area contributed by atoms with Crippen molar-refractivity contribution < 1.29 is 4.39 Å². The van der Waals surface area contributed by atoms with E-state index in [0.29, 0.717) is 17.5 Å². The summed E-state index contributed by atoms with van der Waals surface area (Å²) in [6.45, 7) is 4.88. The molecule has 0 unspecified atom stereocenters. The molecule has 2 N–H and O–H groups in total. The third-order valence-corrected chi connectivity index (χ3v) is 5.86. The van der Waals surface area contributed by atoms with E-state index in [0.717, 1.165) is 47.4 Å². The van der Waals surface area contributed by atoms with E-state index in [1.165, 1.54) is 25.3 Å². The van der Waals surface area contributed by atoms with Crippen LogP contribution in [0.25, 0.3) is 10.9 Å². The molecule has 1 aliphatic rings. The van der Waals surface area contributed by atoms with Crippen LogP contribution in [0.3, 0.4) is 0 Å². The number of halogens is 1. The average Bonchev–Trinajstić information content (AvgIpc) is 2.80. The summed E-state index contributed by atoms with van der Waals surface area (Å²) in [5, 5.41) is 15.8. The standard InChI is InChI=1S/C25H26FN7/c1-17-6-5-7-21-22(15-28-32-24(17)21)30-23-8-9-27-25(31-23)29-20-13-18(12-19(26)14-20)16-33-10-3-2-4-11-33/h5-9,12-15H,2-4,10-11,16H2,1H3,(H2,27,29,30,31,32). The maximum absolute atomic E-state index is 14.3. The Morgan fingerprint density at radius 2 is 1.91 bits per heavy atom. The predicted octanol–water partition coefficient (Wildman–Crippen LogP) is 5.34. The lowest BCUT2D eigenvalue weighted by atomic mass is 10.1. The molecule has 0 atom stereocenters. The van der Waals surface area contributed by atoms with Gasteiger partial charge in [0.05, 0.1) is 17.4 Å². The summed E-state index contributed by atoms with van der Waals surface area (Å²) >= 11 is 0. The number of fused-ring (bicyclic) bond motifs is 1. The zero-order valence-electron chi connectivity index (χ0n) is 18.6. The largest absolute Gasteiger partial charge is 0.338 e. The monoisotopic (exact) mass is 443 g/mol. The van der Waals surface area contributed by atoms with Crippen LogP contribution < -0.4 is 10.6 Å². The Balaban J connectivity index is 1.34. The highest BCUT2D eigenvalue weighted by molar-refractivity contribution is 5.93. The van der Waals surface area contributed by atoms with Crippen LogP contribution in [0.1, 0.15) is 30.4 Å². The van der Waals surface area contributed by atoms with E-state index in [9.17, 15) is 4.39 Å². The van der Waals surface area contributed by atoms with Gasteiger partial charge in [0.15, 0.2) is 0 Å². The van der Waals surface area contributed by atoms with E-state index >= 15 is 0 Å². The quantitative estimate of drug-likeness (QED) is 0.416. The van der Waals surface area contributed by atoms with Gasteiger partial charge in [0.1, 0.15) is 11.6 Å². The maximum Gasteiger partial charge on any atom is 0.229 e. The van der Waals surface area contributed by atoms with Crippen LogP contribution in [0.15, 0.2) is 54.9 Å². The fourth-order valence-corrected chi connectivity index (χ4v) is 4.27. The van der Waals surface area contributed by atoms with Gasteiger partial charge in [0, 0.05) is 23.8 Å². The Morgan fingerprint density at radius 1 is 1.03 bits per heavy atom. The SMILES string of the molecule is Cc1cccc2c(Nc3ccnc(Nc4cc(F)cc(CN5CCCCC5)c4)n3)cnnc12. The molecule has 0 amide bonds. The van der Waals surface area contributed by atoms with Crippen molar-refractivity contribution in [3.05, 3.63) is 71.8 Å². The summed E-state index contributed by atoms with van der Waals surface area (Å²) in [6, 6.07) is 12.8. The number of hydrogen-bond acceptors (Lipinski definition) is 7. The van der Waals surface area contributed by atoms with Crippen LogP contribution in [0.4, 0.5) is 27.5 Å². The summed E-state index contributed by atoms with van der Waals surface area (Å²) in [7, 11) is 0. The Kier molecular flexibility index (Phi) is 6.08. The lowest BCUT2D eigenvalue weighted by Gasteiger charge is -2.26. The van der Waals surface area contributed by atoms with Crippen LogP contribution in [-0.2, 0) is 6.54 Å².